The summed E-state index contributed by atoms with van der Waals surface area (Å²) >= 11 is 0. The molecule has 1 atom stereocenters. The summed E-state index contributed by atoms with van der Waals surface area (Å²) in [6.45, 7) is 1.89. The number of hydrogen-bond acceptors (Lipinski definition) is 8. The smallest absolute Gasteiger partial charge is 0.247 e. The van der Waals surface area contributed by atoms with Gasteiger partial charge in [0.1, 0.15) is 5.69 Å². The summed E-state index contributed by atoms with van der Waals surface area (Å²) in [6, 6.07) is 3.26. The summed E-state index contributed by atoms with van der Waals surface area (Å²) in [5.41, 5.74) is 1.27. The number of rotatable bonds is 8. The van der Waals surface area contributed by atoms with Gasteiger partial charge in [0.15, 0.2) is 11.5 Å². The van der Waals surface area contributed by atoms with Gasteiger partial charge in [-0.05, 0) is 19.8 Å². The van der Waals surface area contributed by atoms with E-state index in [1.54, 1.807) is 39.7 Å². The minimum atomic E-state index is -0.255. The summed E-state index contributed by atoms with van der Waals surface area (Å²) < 4.78 is 16.0. The molecule has 1 unspecified atom stereocenters. The molecule has 162 valence electrons. The molecule has 0 bridgehead atoms. The van der Waals surface area contributed by atoms with Crippen molar-refractivity contribution in [3.05, 3.63) is 24.0 Å². The molecule has 30 heavy (non-hydrogen) atoms. The second-order valence-electron chi connectivity index (χ2n) is 7.31. The van der Waals surface area contributed by atoms with E-state index >= 15 is 0 Å². The molecular weight excluding hydrogens is 386 g/mol. The van der Waals surface area contributed by atoms with Gasteiger partial charge in [-0.3, -0.25) is 4.79 Å². The van der Waals surface area contributed by atoms with E-state index in [2.05, 4.69) is 25.8 Å². The first-order valence-electron chi connectivity index (χ1n) is 10.1. The van der Waals surface area contributed by atoms with Crippen LogP contribution in [0.1, 0.15) is 50.8 Å². The van der Waals surface area contributed by atoms with Crippen LogP contribution >= 0.6 is 0 Å². The highest BCUT2D eigenvalue weighted by atomic mass is 16.5. The van der Waals surface area contributed by atoms with Gasteiger partial charge < -0.3 is 24.8 Å². The molecule has 1 aliphatic carbocycles. The quantitative estimate of drug-likeness (QED) is 0.675. The van der Waals surface area contributed by atoms with Crippen LogP contribution in [0.25, 0.3) is 0 Å². The van der Waals surface area contributed by atoms with Crippen LogP contribution in [0.5, 0.6) is 17.2 Å². The number of carbonyl (C=O) groups excluding carboxylic acids is 1. The van der Waals surface area contributed by atoms with Crippen molar-refractivity contribution in [2.24, 2.45) is 5.92 Å². The average Bonchev–Trinajstić information content (AvgIpc) is 2.79. The number of aromatic nitrogens is 3. The van der Waals surface area contributed by atoms with E-state index in [0.29, 0.717) is 34.6 Å². The number of nitrogens with zero attached hydrogens (tertiary/aromatic N) is 3. The molecule has 9 heteroatoms. The lowest BCUT2D eigenvalue weighted by Crippen LogP contribution is -2.34. The lowest BCUT2D eigenvalue weighted by Gasteiger charge is -2.22. The Morgan fingerprint density at radius 1 is 1.03 bits per heavy atom. The fourth-order valence-electron chi connectivity index (χ4n) is 3.59. The molecule has 0 saturated heterocycles. The highest BCUT2D eigenvalue weighted by molar-refractivity contribution is 5.79. The van der Waals surface area contributed by atoms with Gasteiger partial charge >= 0.3 is 0 Å². The first kappa shape index (κ1) is 21.6. The number of methoxy groups -OCH3 is 3. The maximum Gasteiger partial charge on any atom is 0.247 e. The number of hydrogen-bond donors (Lipinski definition) is 2. The van der Waals surface area contributed by atoms with Crippen LogP contribution in [-0.4, -0.2) is 42.4 Å². The van der Waals surface area contributed by atoms with E-state index < -0.39 is 0 Å². The summed E-state index contributed by atoms with van der Waals surface area (Å²) in [6.07, 6.45) is 6.98. The van der Waals surface area contributed by atoms with E-state index in [-0.39, 0.29) is 17.9 Å². The van der Waals surface area contributed by atoms with Crippen LogP contribution in [0.2, 0.25) is 0 Å². The third-order valence-corrected chi connectivity index (χ3v) is 5.28. The molecule has 3 rings (SSSR count). The fourth-order valence-corrected chi connectivity index (χ4v) is 3.59. The largest absolute Gasteiger partial charge is 0.493 e. The molecule has 0 spiro atoms. The Bertz CT molecular complexity index is 828. The normalized spacial score (nSPS) is 15.2. The van der Waals surface area contributed by atoms with Gasteiger partial charge in [-0.2, -0.15) is 0 Å². The molecular formula is C21H29N5O4. The van der Waals surface area contributed by atoms with Gasteiger partial charge in [0.25, 0.3) is 0 Å². The Balaban J connectivity index is 1.66. The van der Waals surface area contributed by atoms with E-state index in [1.807, 2.05) is 6.92 Å². The monoisotopic (exact) mass is 415 g/mol. The van der Waals surface area contributed by atoms with Crippen LogP contribution in [0.4, 0.5) is 11.6 Å². The Labute approximate surface area is 176 Å². The second-order valence-corrected chi connectivity index (χ2v) is 7.31. The van der Waals surface area contributed by atoms with Gasteiger partial charge in [-0.15, -0.1) is 10.2 Å². The fraction of sp³-hybridized carbons (Fsp3) is 0.524. The lowest BCUT2D eigenvalue weighted by atomic mass is 9.88. The Hall–Kier alpha value is -3.10. The zero-order valence-corrected chi connectivity index (χ0v) is 17.9. The minimum absolute atomic E-state index is 0.0867. The summed E-state index contributed by atoms with van der Waals surface area (Å²) in [5, 5.41) is 14.5. The molecule has 1 aromatic carbocycles. The highest BCUT2D eigenvalue weighted by Gasteiger charge is 2.23. The predicted octanol–water partition coefficient (Wildman–Crippen LogP) is 3.40. The van der Waals surface area contributed by atoms with Gasteiger partial charge in [-0.1, -0.05) is 19.3 Å². The zero-order valence-electron chi connectivity index (χ0n) is 17.9. The molecule has 1 aliphatic rings. The van der Waals surface area contributed by atoms with E-state index in [0.717, 1.165) is 25.7 Å². The molecule has 1 fully saturated rings. The number of nitrogens with one attached hydrogen (secondary N) is 2. The van der Waals surface area contributed by atoms with Crippen molar-refractivity contribution in [2.45, 2.75) is 45.1 Å². The summed E-state index contributed by atoms with van der Waals surface area (Å²) in [4.78, 5) is 16.8. The van der Waals surface area contributed by atoms with E-state index in [1.165, 1.54) is 6.42 Å². The van der Waals surface area contributed by atoms with Crippen LogP contribution in [0.3, 0.4) is 0 Å². The maximum atomic E-state index is 12.4. The molecule has 0 radical (unpaired) electrons. The molecule has 1 amide bonds. The van der Waals surface area contributed by atoms with Crippen LogP contribution in [-0.2, 0) is 4.79 Å². The van der Waals surface area contributed by atoms with Crippen LogP contribution in [0, 0.1) is 5.92 Å². The van der Waals surface area contributed by atoms with Crippen molar-refractivity contribution in [1.29, 1.82) is 0 Å². The topological polar surface area (TPSA) is 107 Å². The molecule has 1 heterocycles. The number of amides is 1. The molecule has 1 aromatic heterocycles. The summed E-state index contributed by atoms with van der Waals surface area (Å²) in [5.74, 6) is 2.04. The van der Waals surface area contributed by atoms with Crippen molar-refractivity contribution in [2.75, 3.05) is 26.6 Å². The van der Waals surface area contributed by atoms with Crippen molar-refractivity contribution < 1.29 is 19.0 Å². The number of anilines is 2. The lowest BCUT2D eigenvalue weighted by molar-refractivity contribution is -0.126. The number of ether oxygens (including phenoxy) is 3. The number of benzene rings is 1. The van der Waals surface area contributed by atoms with Gasteiger partial charge in [0, 0.05) is 23.7 Å². The molecule has 0 aliphatic heterocycles. The first-order valence-corrected chi connectivity index (χ1v) is 10.1. The van der Waals surface area contributed by atoms with Crippen molar-refractivity contribution in [1.82, 2.24) is 20.5 Å². The highest BCUT2D eigenvalue weighted by Crippen LogP contribution is 2.40. The number of carbonyl (C=O) groups is 1. The molecule has 1 saturated carbocycles. The van der Waals surface area contributed by atoms with Crippen molar-refractivity contribution in [3.63, 3.8) is 0 Å². The van der Waals surface area contributed by atoms with Crippen molar-refractivity contribution in [3.8, 4) is 17.2 Å². The first-order chi connectivity index (χ1) is 14.5. The molecule has 2 N–H and O–H groups in total. The van der Waals surface area contributed by atoms with Crippen molar-refractivity contribution >= 4 is 17.5 Å². The maximum absolute atomic E-state index is 12.4. The Morgan fingerprint density at radius 2 is 1.70 bits per heavy atom. The zero-order chi connectivity index (χ0) is 21.5. The Morgan fingerprint density at radius 3 is 2.23 bits per heavy atom. The Kier molecular flexibility index (Phi) is 7.26. The third-order valence-electron chi connectivity index (χ3n) is 5.28. The van der Waals surface area contributed by atoms with Gasteiger partial charge in [-0.25, -0.2) is 4.98 Å². The van der Waals surface area contributed by atoms with E-state index in [4.69, 9.17) is 14.2 Å². The van der Waals surface area contributed by atoms with Gasteiger partial charge in [0.2, 0.25) is 17.6 Å². The second kappa shape index (κ2) is 10.1. The van der Waals surface area contributed by atoms with Crippen LogP contribution in [0.15, 0.2) is 18.3 Å². The molecule has 9 nitrogen and oxygen atoms in total. The SMILES string of the molecule is COc1cc(Nc2ncc(C(C)NC(=O)C3CCCCC3)nn2)cc(OC)c1OC. The standard InChI is InChI=1S/C21H29N5O4/c1-13(23-20(27)14-8-6-5-7-9-14)16-12-22-21(26-25-16)24-15-10-17(28-2)19(30-4)18(11-15)29-3/h10-14H,5-9H2,1-4H3,(H,23,27)(H,22,24,26). The summed E-state index contributed by atoms with van der Waals surface area (Å²) in [7, 11) is 4.65. The van der Waals surface area contributed by atoms with Gasteiger partial charge in [0.05, 0.1) is 33.6 Å². The third kappa shape index (κ3) is 5.08. The van der Waals surface area contributed by atoms with E-state index in [9.17, 15) is 4.79 Å². The predicted molar refractivity (Wildman–Crippen MR) is 112 cm³/mol. The minimum Gasteiger partial charge on any atom is -0.493 e. The van der Waals surface area contributed by atoms with Crippen LogP contribution < -0.4 is 24.8 Å². The average molecular weight is 415 g/mol. The molecule has 2 aromatic rings.